The standard InChI is InChI=1S/C14H14FNO/c1-10-8-11(9-16)2-7-14(10)17-13-5-3-12(15)4-6-13/h2-8H,9,16H2,1H3. The quantitative estimate of drug-likeness (QED) is 0.878. The van der Waals surface area contributed by atoms with Gasteiger partial charge in [-0.1, -0.05) is 12.1 Å². The molecule has 0 aliphatic rings. The molecule has 0 bridgehead atoms. The van der Waals surface area contributed by atoms with E-state index in [1.165, 1.54) is 12.1 Å². The molecule has 0 saturated heterocycles. The van der Waals surface area contributed by atoms with E-state index in [-0.39, 0.29) is 5.82 Å². The Balaban J connectivity index is 2.21. The predicted molar refractivity (Wildman–Crippen MR) is 65.5 cm³/mol. The number of hydrogen-bond donors (Lipinski definition) is 1. The van der Waals surface area contributed by atoms with Crippen LogP contribution in [0.3, 0.4) is 0 Å². The second kappa shape index (κ2) is 4.97. The first kappa shape index (κ1) is 11.6. The lowest BCUT2D eigenvalue weighted by Gasteiger charge is -2.09. The molecule has 2 rings (SSSR count). The molecule has 88 valence electrons. The van der Waals surface area contributed by atoms with Crippen molar-refractivity contribution in [3.8, 4) is 11.5 Å². The fourth-order valence-electron chi connectivity index (χ4n) is 1.58. The monoisotopic (exact) mass is 231 g/mol. The van der Waals surface area contributed by atoms with Crippen LogP contribution in [0.4, 0.5) is 4.39 Å². The maximum atomic E-state index is 12.7. The zero-order valence-corrected chi connectivity index (χ0v) is 9.61. The Morgan fingerprint density at radius 1 is 1.12 bits per heavy atom. The number of ether oxygens (including phenoxy) is 1. The summed E-state index contributed by atoms with van der Waals surface area (Å²) in [5.41, 5.74) is 7.63. The Morgan fingerprint density at radius 2 is 1.82 bits per heavy atom. The second-order valence-corrected chi connectivity index (χ2v) is 3.86. The van der Waals surface area contributed by atoms with Crippen LogP contribution >= 0.6 is 0 Å². The average Bonchev–Trinajstić information content (AvgIpc) is 2.34. The maximum Gasteiger partial charge on any atom is 0.130 e. The highest BCUT2D eigenvalue weighted by molar-refractivity contribution is 5.39. The first-order chi connectivity index (χ1) is 8.19. The zero-order chi connectivity index (χ0) is 12.3. The van der Waals surface area contributed by atoms with Gasteiger partial charge in [-0.25, -0.2) is 4.39 Å². The van der Waals surface area contributed by atoms with Gasteiger partial charge in [-0.05, 0) is 48.4 Å². The van der Waals surface area contributed by atoms with Crippen molar-refractivity contribution in [2.75, 3.05) is 0 Å². The van der Waals surface area contributed by atoms with Crippen LogP contribution in [0.15, 0.2) is 42.5 Å². The van der Waals surface area contributed by atoms with Crippen molar-refractivity contribution in [3.05, 3.63) is 59.4 Å². The molecule has 0 radical (unpaired) electrons. The molecular weight excluding hydrogens is 217 g/mol. The van der Waals surface area contributed by atoms with E-state index >= 15 is 0 Å². The lowest BCUT2D eigenvalue weighted by Crippen LogP contribution is -1.97. The molecule has 0 unspecified atom stereocenters. The van der Waals surface area contributed by atoms with Crippen LogP contribution in [0.5, 0.6) is 11.5 Å². The molecule has 0 heterocycles. The summed E-state index contributed by atoms with van der Waals surface area (Å²) in [6.45, 7) is 2.47. The molecule has 3 heteroatoms. The van der Waals surface area contributed by atoms with Gasteiger partial charge in [-0.2, -0.15) is 0 Å². The number of aryl methyl sites for hydroxylation is 1. The highest BCUT2D eigenvalue weighted by Crippen LogP contribution is 2.25. The first-order valence-electron chi connectivity index (χ1n) is 5.42. The Labute approximate surface area is 99.8 Å². The summed E-state index contributed by atoms with van der Waals surface area (Å²) in [6.07, 6.45) is 0. The number of hydrogen-bond acceptors (Lipinski definition) is 2. The Kier molecular flexibility index (Phi) is 3.40. The van der Waals surface area contributed by atoms with Gasteiger partial charge >= 0.3 is 0 Å². The van der Waals surface area contributed by atoms with E-state index in [2.05, 4.69) is 0 Å². The number of rotatable bonds is 3. The van der Waals surface area contributed by atoms with E-state index in [4.69, 9.17) is 10.5 Å². The SMILES string of the molecule is Cc1cc(CN)ccc1Oc1ccc(F)cc1. The van der Waals surface area contributed by atoms with Gasteiger partial charge in [0.25, 0.3) is 0 Å². The highest BCUT2D eigenvalue weighted by atomic mass is 19.1. The van der Waals surface area contributed by atoms with Crippen LogP contribution in [0.25, 0.3) is 0 Å². The molecule has 0 aromatic heterocycles. The molecule has 0 saturated carbocycles. The van der Waals surface area contributed by atoms with E-state index in [1.807, 2.05) is 25.1 Å². The average molecular weight is 231 g/mol. The Hall–Kier alpha value is -1.87. The summed E-state index contributed by atoms with van der Waals surface area (Å²) < 4.78 is 18.4. The predicted octanol–water partition coefficient (Wildman–Crippen LogP) is 3.39. The molecule has 2 nitrogen and oxygen atoms in total. The van der Waals surface area contributed by atoms with E-state index in [1.54, 1.807) is 12.1 Å². The van der Waals surface area contributed by atoms with Gasteiger partial charge in [-0.15, -0.1) is 0 Å². The van der Waals surface area contributed by atoms with E-state index in [0.717, 1.165) is 16.9 Å². The molecule has 0 atom stereocenters. The molecule has 0 amide bonds. The van der Waals surface area contributed by atoms with E-state index in [0.29, 0.717) is 12.3 Å². The Bertz CT molecular complexity index is 508. The van der Waals surface area contributed by atoms with Crippen LogP contribution in [-0.2, 0) is 6.54 Å². The van der Waals surface area contributed by atoms with Crippen LogP contribution in [-0.4, -0.2) is 0 Å². The molecule has 0 aliphatic heterocycles. The third kappa shape index (κ3) is 2.82. The van der Waals surface area contributed by atoms with Crippen LogP contribution < -0.4 is 10.5 Å². The summed E-state index contributed by atoms with van der Waals surface area (Å²) in [7, 11) is 0. The minimum absolute atomic E-state index is 0.271. The summed E-state index contributed by atoms with van der Waals surface area (Å²) in [4.78, 5) is 0. The van der Waals surface area contributed by atoms with Gasteiger partial charge in [-0.3, -0.25) is 0 Å². The maximum absolute atomic E-state index is 12.7. The van der Waals surface area contributed by atoms with Crippen molar-refractivity contribution < 1.29 is 9.13 Å². The molecule has 2 N–H and O–H groups in total. The summed E-state index contributed by atoms with van der Waals surface area (Å²) >= 11 is 0. The summed E-state index contributed by atoms with van der Waals surface area (Å²) in [5.74, 6) is 1.11. The van der Waals surface area contributed by atoms with Crippen LogP contribution in [0, 0.1) is 12.7 Å². The van der Waals surface area contributed by atoms with Crippen LogP contribution in [0.1, 0.15) is 11.1 Å². The minimum Gasteiger partial charge on any atom is -0.457 e. The zero-order valence-electron chi connectivity index (χ0n) is 9.61. The van der Waals surface area contributed by atoms with Gasteiger partial charge in [0.2, 0.25) is 0 Å². The van der Waals surface area contributed by atoms with Gasteiger partial charge in [0, 0.05) is 6.54 Å². The molecular formula is C14H14FNO. The van der Waals surface area contributed by atoms with Crippen molar-refractivity contribution in [3.63, 3.8) is 0 Å². The summed E-state index contributed by atoms with van der Waals surface area (Å²) in [6, 6.07) is 11.7. The number of nitrogens with two attached hydrogens (primary N) is 1. The number of benzene rings is 2. The second-order valence-electron chi connectivity index (χ2n) is 3.86. The van der Waals surface area contributed by atoms with Crippen LogP contribution in [0.2, 0.25) is 0 Å². The van der Waals surface area contributed by atoms with Gasteiger partial charge in [0.05, 0.1) is 0 Å². The molecule has 0 spiro atoms. The molecule has 2 aromatic carbocycles. The third-order valence-corrected chi connectivity index (χ3v) is 2.52. The van der Waals surface area contributed by atoms with E-state index in [9.17, 15) is 4.39 Å². The van der Waals surface area contributed by atoms with E-state index < -0.39 is 0 Å². The largest absolute Gasteiger partial charge is 0.457 e. The van der Waals surface area contributed by atoms with Gasteiger partial charge in [0.15, 0.2) is 0 Å². The normalized spacial score (nSPS) is 10.3. The van der Waals surface area contributed by atoms with Crippen molar-refractivity contribution in [2.24, 2.45) is 5.73 Å². The highest BCUT2D eigenvalue weighted by Gasteiger charge is 2.02. The first-order valence-corrected chi connectivity index (χ1v) is 5.42. The van der Waals surface area contributed by atoms with Crippen molar-refractivity contribution in [1.29, 1.82) is 0 Å². The lowest BCUT2D eigenvalue weighted by molar-refractivity contribution is 0.476. The minimum atomic E-state index is -0.271. The fraction of sp³-hybridized carbons (Fsp3) is 0.143. The van der Waals surface area contributed by atoms with Crippen molar-refractivity contribution in [1.82, 2.24) is 0 Å². The van der Waals surface area contributed by atoms with Gasteiger partial charge in [0.1, 0.15) is 17.3 Å². The number of halogens is 1. The third-order valence-electron chi connectivity index (χ3n) is 2.52. The molecule has 17 heavy (non-hydrogen) atoms. The smallest absolute Gasteiger partial charge is 0.130 e. The fourth-order valence-corrected chi connectivity index (χ4v) is 1.58. The van der Waals surface area contributed by atoms with Crippen molar-refractivity contribution in [2.45, 2.75) is 13.5 Å². The Morgan fingerprint density at radius 3 is 2.41 bits per heavy atom. The molecule has 0 aliphatic carbocycles. The van der Waals surface area contributed by atoms with Gasteiger partial charge < -0.3 is 10.5 Å². The summed E-state index contributed by atoms with van der Waals surface area (Å²) in [5, 5.41) is 0. The van der Waals surface area contributed by atoms with Crippen molar-refractivity contribution >= 4 is 0 Å². The molecule has 2 aromatic rings. The molecule has 0 fully saturated rings. The lowest BCUT2D eigenvalue weighted by atomic mass is 10.1. The topological polar surface area (TPSA) is 35.2 Å².